The molecule has 0 aliphatic heterocycles. The van der Waals surface area contributed by atoms with E-state index < -0.39 is 0 Å². The second-order valence-electron chi connectivity index (χ2n) is 10.2. The van der Waals surface area contributed by atoms with Crippen molar-refractivity contribution in [3.8, 4) is 0 Å². The van der Waals surface area contributed by atoms with Crippen LogP contribution in [0, 0.1) is 40.4 Å². The summed E-state index contributed by atoms with van der Waals surface area (Å²) in [4.78, 5) is 0. The lowest BCUT2D eigenvalue weighted by molar-refractivity contribution is -0.0964. The highest BCUT2D eigenvalue weighted by Crippen LogP contribution is 2.68. The first-order valence-electron chi connectivity index (χ1n) is 10.3. The Morgan fingerprint density at radius 3 is 2.67 bits per heavy atom. The summed E-state index contributed by atoms with van der Waals surface area (Å²) in [6, 6.07) is 0. The van der Waals surface area contributed by atoms with Gasteiger partial charge >= 0.3 is 0 Å². The summed E-state index contributed by atoms with van der Waals surface area (Å²) in [5.74, 6) is 3.54. The molecule has 0 heterocycles. The number of hydrogen-bond acceptors (Lipinski definition) is 2. The van der Waals surface area contributed by atoms with Crippen molar-refractivity contribution in [2.45, 2.75) is 84.8 Å². The average molecular weight is 333 g/mol. The zero-order valence-electron chi connectivity index (χ0n) is 16.0. The molecule has 2 N–H and O–H groups in total. The van der Waals surface area contributed by atoms with Gasteiger partial charge in [0.15, 0.2) is 0 Å². The first kappa shape index (κ1) is 17.1. The van der Waals surface area contributed by atoms with Crippen molar-refractivity contribution in [1.29, 1.82) is 0 Å². The molecule has 4 aliphatic rings. The smallest absolute Gasteiger partial charge is 0.0577 e. The van der Waals surface area contributed by atoms with Crippen molar-refractivity contribution in [1.82, 2.24) is 0 Å². The summed E-state index contributed by atoms with van der Waals surface area (Å²) in [5, 5.41) is 20.5. The number of aliphatic hydroxyl groups is 2. The van der Waals surface area contributed by atoms with E-state index in [0.29, 0.717) is 16.7 Å². The molecule has 3 saturated carbocycles. The molecule has 0 saturated heterocycles. The normalized spacial score (nSPS) is 55.2. The van der Waals surface area contributed by atoms with Gasteiger partial charge in [0, 0.05) is 0 Å². The van der Waals surface area contributed by atoms with Crippen molar-refractivity contribution >= 4 is 0 Å². The lowest BCUT2D eigenvalue weighted by Crippen LogP contribution is -2.54. The van der Waals surface area contributed by atoms with Crippen molar-refractivity contribution in [2.24, 2.45) is 40.4 Å². The van der Waals surface area contributed by atoms with Gasteiger partial charge in [0.1, 0.15) is 0 Å². The van der Waals surface area contributed by atoms with Crippen LogP contribution >= 0.6 is 0 Å². The molecule has 2 nitrogen and oxygen atoms in total. The number of fused-ring (bicyclic) bond motifs is 5. The zero-order chi connectivity index (χ0) is 17.3. The highest BCUT2D eigenvalue weighted by Gasteiger charge is 2.61. The van der Waals surface area contributed by atoms with Crippen LogP contribution in [0.5, 0.6) is 0 Å². The number of aliphatic hydroxyl groups excluding tert-OH is 2. The van der Waals surface area contributed by atoms with Crippen LogP contribution in [0.25, 0.3) is 0 Å². The fourth-order valence-corrected chi connectivity index (χ4v) is 8.19. The molecular formula is C22H36O2. The predicted octanol–water partition coefficient (Wildman–Crippen LogP) is 4.55. The van der Waals surface area contributed by atoms with Crippen LogP contribution < -0.4 is 0 Å². The molecule has 4 rings (SSSR count). The fraction of sp³-hybridized carbons (Fsp3) is 0.909. The first-order chi connectivity index (χ1) is 11.3. The molecule has 0 amide bonds. The van der Waals surface area contributed by atoms with E-state index in [1.54, 1.807) is 5.57 Å². The highest BCUT2D eigenvalue weighted by molar-refractivity contribution is 5.26. The highest BCUT2D eigenvalue weighted by atomic mass is 16.3. The van der Waals surface area contributed by atoms with Crippen molar-refractivity contribution < 1.29 is 10.2 Å². The van der Waals surface area contributed by atoms with Crippen molar-refractivity contribution in [3.05, 3.63) is 11.6 Å². The maximum atomic E-state index is 10.4. The molecule has 3 fully saturated rings. The Morgan fingerprint density at radius 2 is 1.96 bits per heavy atom. The van der Waals surface area contributed by atoms with E-state index in [1.165, 1.54) is 25.7 Å². The van der Waals surface area contributed by atoms with E-state index in [-0.39, 0.29) is 12.2 Å². The third-order valence-corrected chi connectivity index (χ3v) is 8.98. The SMILES string of the molecule is C[C@H](O)[C@H]1CC[C@H]2[C@@H]3CC=C4C[C@@H](O)CC[C@]4(C)[C@H]3[C@H](C)C[C@]12C. The summed E-state index contributed by atoms with van der Waals surface area (Å²) in [6.07, 6.45) is 10.3. The van der Waals surface area contributed by atoms with Gasteiger partial charge in [-0.2, -0.15) is 0 Å². The quantitative estimate of drug-likeness (QED) is 0.691. The number of allylic oxidation sites excluding steroid dienone is 1. The van der Waals surface area contributed by atoms with Gasteiger partial charge in [0.2, 0.25) is 0 Å². The molecule has 24 heavy (non-hydrogen) atoms. The Labute approximate surface area is 147 Å². The Hall–Kier alpha value is -0.340. The second kappa shape index (κ2) is 5.58. The predicted molar refractivity (Wildman–Crippen MR) is 97.4 cm³/mol. The standard InChI is InChI=1S/C22H36O2/c1-13-12-22(4)18(14(2)23)7-8-19(22)17-6-5-15-11-16(24)9-10-21(15,3)20(13)17/h5,13-14,16-20,23-24H,6-12H2,1-4H3/t13-,14+,16+,17+,18-,19+,20+,21+,22-/m1/s1. The van der Waals surface area contributed by atoms with Crippen LogP contribution in [0.1, 0.15) is 72.6 Å². The summed E-state index contributed by atoms with van der Waals surface area (Å²) in [5.41, 5.74) is 2.19. The molecule has 0 aromatic carbocycles. The minimum atomic E-state index is -0.168. The minimum absolute atomic E-state index is 0.115. The van der Waals surface area contributed by atoms with E-state index in [2.05, 4.69) is 26.8 Å². The Balaban J connectivity index is 1.70. The molecule has 136 valence electrons. The van der Waals surface area contributed by atoms with Gasteiger partial charge in [-0.25, -0.2) is 0 Å². The fourth-order valence-electron chi connectivity index (χ4n) is 8.19. The van der Waals surface area contributed by atoms with Gasteiger partial charge < -0.3 is 10.2 Å². The first-order valence-corrected chi connectivity index (χ1v) is 10.3. The van der Waals surface area contributed by atoms with Gasteiger partial charge in [-0.05, 0) is 92.3 Å². The van der Waals surface area contributed by atoms with Crippen molar-refractivity contribution in [2.75, 3.05) is 0 Å². The molecular weight excluding hydrogens is 296 g/mol. The van der Waals surface area contributed by atoms with E-state index in [0.717, 1.165) is 42.9 Å². The topological polar surface area (TPSA) is 40.5 Å². The Bertz CT molecular complexity index is 538. The van der Waals surface area contributed by atoms with E-state index >= 15 is 0 Å². The van der Waals surface area contributed by atoms with Crippen LogP contribution in [-0.4, -0.2) is 22.4 Å². The molecule has 0 aromatic heterocycles. The Kier molecular flexibility index (Phi) is 3.97. The molecule has 4 aliphatic carbocycles. The average Bonchev–Trinajstić information content (AvgIpc) is 2.84. The Morgan fingerprint density at radius 1 is 1.21 bits per heavy atom. The van der Waals surface area contributed by atoms with Gasteiger partial charge in [0.05, 0.1) is 12.2 Å². The van der Waals surface area contributed by atoms with Crippen LogP contribution in [0.15, 0.2) is 11.6 Å². The zero-order valence-corrected chi connectivity index (χ0v) is 16.0. The molecule has 0 bridgehead atoms. The maximum absolute atomic E-state index is 10.4. The number of hydrogen-bond donors (Lipinski definition) is 2. The summed E-state index contributed by atoms with van der Waals surface area (Å²) < 4.78 is 0. The van der Waals surface area contributed by atoms with E-state index in [9.17, 15) is 10.2 Å². The maximum Gasteiger partial charge on any atom is 0.0577 e. The molecule has 0 aromatic rings. The number of rotatable bonds is 1. The molecule has 2 heteroatoms. The third kappa shape index (κ3) is 2.21. The lowest BCUT2D eigenvalue weighted by atomic mass is 9.44. The molecule has 0 radical (unpaired) electrons. The van der Waals surface area contributed by atoms with Crippen LogP contribution in [0.4, 0.5) is 0 Å². The summed E-state index contributed by atoms with van der Waals surface area (Å²) >= 11 is 0. The van der Waals surface area contributed by atoms with Gasteiger partial charge in [-0.15, -0.1) is 0 Å². The molecule has 0 spiro atoms. The van der Waals surface area contributed by atoms with Crippen LogP contribution in [0.3, 0.4) is 0 Å². The van der Waals surface area contributed by atoms with Gasteiger partial charge in [-0.1, -0.05) is 32.4 Å². The van der Waals surface area contributed by atoms with E-state index in [4.69, 9.17) is 0 Å². The monoisotopic (exact) mass is 332 g/mol. The van der Waals surface area contributed by atoms with Crippen LogP contribution in [-0.2, 0) is 0 Å². The van der Waals surface area contributed by atoms with E-state index in [1.807, 2.05) is 6.92 Å². The summed E-state index contributed by atoms with van der Waals surface area (Å²) in [7, 11) is 0. The van der Waals surface area contributed by atoms with Gasteiger partial charge in [0.25, 0.3) is 0 Å². The minimum Gasteiger partial charge on any atom is -0.393 e. The molecule has 0 unspecified atom stereocenters. The van der Waals surface area contributed by atoms with Crippen LogP contribution in [0.2, 0.25) is 0 Å². The van der Waals surface area contributed by atoms with Crippen molar-refractivity contribution in [3.63, 3.8) is 0 Å². The lowest BCUT2D eigenvalue weighted by Gasteiger charge is -2.60. The summed E-state index contributed by atoms with van der Waals surface area (Å²) in [6.45, 7) is 9.48. The molecule has 9 atom stereocenters. The second-order valence-corrected chi connectivity index (χ2v) is 10.2. The van der Waals surface area contributed by atoms with Gasteiger partial charge in [-0.3, -0.25) is 0 Å². The third-order valence-electron chi connectivity index (χ3n) is 8.98. The largest absolute Gasteiger partial charge is 0.393 e.